The lowest BCUT2D eigenvalue weighted by Gasteiger charge is -2.32. The van der Waals surface area contributed by atoms with Gasteiger partial charge >= 0.3 is 0 Å². The van der Waals surface area contributed by atoms with Crippen LogP contribution in [0, 0.1) is 5.92 Å². The summed E-state index contributed by atoms with van der Waals surface area (Å²) >= 11 is 0. The summed E-state index contributed by atoms with van der Waals surface area (Å²) in [5.74, 6) is 0.493. The highest BCUT2D eigenvalue weighted by atomic mass is 16.3. The lowest BCUT2D eigenvalue weighted by molar-refractivity contribution is -0.117. The van der Waals surface area contributed by atoms with E-state index in [0.717, 1.165) is 24.1 Å². The third kappa shape index (κ3) is 1.48. The van der Waals surface area contributed by atoms with Gasteiger partial charge in [0.05, 0.1) is 0 Å². The molecule has 13 heavy (non-hydrogen) atoms. The fourth-order valence-electron chi connectivity index (χ4n) is 2.30. The first kappa shape index (κ1) is 8.75. The summed E-state index contributed by atoms with van der Waals surface area (Å²) in [6.07, 6.45) is 2.72. The molecule has 1 aliphatic carbocycles. The monoisotopic (exact) mass is 181 g/mol. The second kappa shape index (κ2) is 3.14. The van der Waals surface area contributed by atoms with Crippen molar-refractivity contribution in [1.82, 2.24) is 5.32 Å². The van der Waals surface area contributed by atoms with Gasteiger partial charge in [-0.25, -0.2) is 0 Å². The molecule has 2 aliphatic rings. The van der Waals surface area contributed by atoms with Gasteiger partial charge in [0.25, 0.3) is 0 Å². The topological polar surface area (TPSA) is 49.3 Å². The number of aliphatic hydroxyl groups excluding tert-OH is 1. The second-order valence-electron chi connectivity index (χ2n) is 3.97. The molecule has 0 radical (unpaired) electrons. The van der Waals surface area contributed by atoms with Crippen molar-refractivity contribution in [3.8, 4) is 0 Å². The van der Waals surface area contributed by atoms with Gasteiger partial charge in [-0.05, 0) is 25.2 Å². The van der Waals surface area contributed by atoms with E-state index in [-0.39, 0.29) is 11.7 Å². The van der Waals surface area contributed by atoms with E-state index in [1.807, 2.05) is 6.92 Å². The zero-order valence-corrected chi connectivity index (χ0v) is 7.84. The molecule has 2 atom stereocenters. The van der Waals surface area contributed by atoms with E-state index in [1.165, 1.54) is 0 Å². The minimum Gasteiger partial charge on any atom is -0.374 e. The van der Waals surface area contributed by atoms with Crippen molar-refractivity contribution in [2.45, 2.75) is 38.8 Å². The van der Waals surface area contributed by atoms with Gasteiger partial charge in [0.2, 0.25) is 0 Å². The van der Waals surface area contributed by atoms with Crippen LogP contribution in [-0.2, 0) is 4.79 Å². The molecule has 2 N–H and O–H groups in total. The molecule has 0 fully saturated rings. The van der Waals surface area contributed by atoms with Crippen molar-refractivity contribution in [3.05, 3.63) is 11.3 Å². The van der Waals surface area contributed by atoms with E-state index in [1.54, 1.807) is 0 Å². The van der Waals surface area contributed by atoms with E-state index in [0.29, 0.717) is 12.8 Å². The average Bonchev–Trinajstić information content (AvgIpc) is 2.02. The summed E-state index contributed by atoms with van der Waals surface area (Å²) in [4.78, 5) is 11.6. The van der Waals surface area contributed by atoms with Crippen molar-refractivity contribution in [1.29, 1.82) is 0 Å². The molecule has 3 heteroatoms. The first-order valence-corrected chi connectivity index (χ1v) is 4.89. The van der Waals surface area contributed by atoms with Gasteiger partial charge in [-0.1, -0.05) is 6.92 Å². The van der Waals surface area contributed by atoms with Crippen LogP contribution in [0.4, 0.5) is 0 Å². The maximum Gasteiger partial charge on any atom is 0.160 e. The lowest BCUT2D eigenvalue weighted by atomic mass is 9.82. The minimum absolute atomic E-state index is 0.221. The van der Waals surface area contributed by atoms with E-state index < -0.39 is 6.23 Å². The third-order valence-corrected chi connectivity index (χ3v) is 2.87. The Kier molecular flexibility index (Phi) is 2.12. The Labute approximate surface area is 77.8 Å². The van der Waals surface area contributed by atoms with Crippen molar-refractivity contribution in [3.63, 3.8) is 0 Å². The number of ketones is 1. The summed E-state index contributed by atoms with van der Waals surface area (Å²) in [5.41, 5.74) is 1.93. The number of allylic oxidation sites excluding steroid dienone is 2. The van der Waals surface area contributed by atoms with Gasteiger partial charge in [-0.2, -0.15) is 0 Å². The molecule has 0 bridgehead atoms. The van der Waals surface area contributed by atoms with Crippen molar-refractivity contribution in [2.75, 3.05) is 0 Å². The van der Waals surface area contributed by atoms with Gasteiger partial charge in [-0.15, -0.1) is 0 Å². The smallest absolute Gasteiger partial charge is 0.160 e. The van der Waals surface area contributed by atoms with Crippen LogP contribution in [0.1, 0.15) is 32.6 Å². The number of carbonyl (C=O) groups is 1. The van der Waals surface area contributed by atoms with Crippen LogP contribution < -0.4 is 5.32 Å². The summed E-state index contributed by atoms with van der Waals surface area (Å²) in [7, 11) is 0. The molecular formula is C10H15NO2. The van der Waals surface area contributed by atoms with E-state index >= 15 is 0 Å². The highest BCUT2D eigenvalue weighted by molar-refractivity contribution is 5.97. The highest BCUT2D eigenvalue weighted by Crippen LogP contribution is 2.31. The average molecular weight is 181 g/mol. The highest BCUT2D eigenvalue weighted by Gasteiger charge is 2.30. The first-order valence-electron chi connectivity index (χ1n) is 4.89. The SMILES string of the molecule is CC1CC(O)NC2=C1C(=O)CCC2. The van der Waals surface area contributed by atoms with E-state index in [2.05, 4.69) is 5.32 Å². The van der Waals surface area contributed by atoms with Gasteiger partial charge < -0.3 is 10.4 Å². The van der Waals surface area contributed by atoms with Crippen molar-refractivity contribution < 1.29 is 9.90 Å². The number of aliphatic hydroxyl groups is 1. The number of hydrogen-bond acceptors (Lipinski definition) is 3. The molecular weight excluding hydrogens is 166 g/mol. The maximum atomic E-state index is 11.6. The quantitative estimate of drug-likeness (QED) is 0.584. The minimum atomic E-state index is -0.459. The predicted octanol–water partition coefficient (Wildman–Crippen LogP) is 0.941. The molecule has 72 valence electrons. The maximum absolute atomic E-state index is 11.6. The number of nitrogens with one attached hydrogen (secondary N) is 1. The fraction of sp³-hybridized carbons (Fsp3) is 0.700. The molecule has 0 aromatic carbocycles. The molecule has 0 amide bonds. The number of rotatable bonds is 0. The van der Waals surface area contributed by atoms with Gasteiger partial charge in [0, 0.05) is 17.7 Å². The molecule has 0 spiro atoms. The Bertz CT molecular complexity index is 270. The molecule has 0 aromatic heterocycles. The van der Waals surface area contributed by atoms with E-state index in [4.69, 9.17) is 0 Å². The standard InChI is InChI=1S/C10H15NO2/c1-6-5-9(13)11-7-3-2-4-8(12)10(6)7/h6,9,11,13H,2-5H2,1H3. The van der Waals surface area contributed by atoms with Crippen LogP contribution in [0.3, 0.4) is 0 Å². The zero-order valence-electron chi connectivity index (χ0n) is 7.84. The lowest BCUT2D eigenvalue weighted by Crippen LogP contribution is -2.39. The van der Waals surface area contributed by atoms with Crippen LogP contribution in [0.5, 0.6) is 0 Å². The Morgan fingerprint density at radius 1 is 1.46 bits per heavy atom. The molecule has 0 saturated carbocycles. The molecule has 2 unspecified atom stereocenters. The molecule has 1 heterocycles. The first-order chi connectivity index (χ1) is 6.18. The normalized spacial score (nSPS) is 34.2. The Morgan fingerprint density at radius 3 is 3.00 bits per heavy atom. The Hall–Kier alpha value is -0.830. The Morgan fingerprint density at radius 2 is 2.23 bits per heavy atom. The van der Waals surface area contributed by atoms with Crippen LogP contribution in [0.15, 0.2) is 11.3 Å². The molecule has 0 aromatic rings. The van der Waals surface area contributed by atoms with Crippen LogP contribution >= 0.6 is 0 Å². The van der Waals surface area contributed by atoms with Gasteiger partial charge in [0.15, 0.2) is 5.78 Å². The Balaban J connectivity index is 2.32. The zero-order chi connectivity index (χ0) is 9.42. The largest absolute Gasteiger partial charge is 0.374 e. The summed E-state index contributed by atoms with van der Waals surface area (Å²) < 4.78 is 0. The number of Topliss-reactive ketones (excluding diaryl/α,β-unsaturated/α-hetero) is 1. The molecule has 1 aliphatic heterocycles. The second-order valence-corrected chi connectivity index (χ2v) is 3.97. The van der Waals surface area contributed by atoms with Crippen molar-refractivity contribution in [2.24, 2.45) is 5.92 Å². The van der Waals surface area contributed by atoms with Crippen LogP contribution in [0.2, 0.25) is 0 Å². The number of carbonyl (C=O) groups excluding carboxylic acids is 1. The predicted molar refractivity (Wildman–Crippen MR) is 48.8 cm³/mol. The number of hydrogen-bond donors (Lipinski definition) is 2. The van der Waals surface area contributed by atoms with Crippen LogP contribution in [-0.4, -0.2) is 17.1 Å². The summed E-state index contributed by atoms with van der Waals surface area (Å²) in [5, 5.41) is 12.4. The third-order valence-electron chi connectivity index (χ3n) is 2.87. The van der Waals surface area contributed by atoms with Crippen LogP contribution in [0.25, 0.3) is 0 Å². The van der Waals surface area contributed by atoms with Gasteiger partial charge in [-0.3, -0.25) is 4.79 Å². The molecule has 3 nitrogen and oxygen atoms in total. The molecule has 0 saturated heterocycles. The van der Waals surface area contributed by atoms with E-state index in [9.17, 15) is 9.90 Å². The van der Waals surface area contributed by atoms with Gasteiger partial charge in [0.1, 0.15) is 6.23 Å². The fourth-order valence-corrected chi connectivity index (χ4v) is 2.30. The van der Waals surface area contributed by atoms with Crippen molar-refractivity contribution >= 4 is 5.78 Å². The summed E-state index contributed by atoms with van der Waals surface area (Å²) in [6.45, 7) is 2.02. The summed E-state index contributed by atoms with van der Waals surface area (Å²) in [6, 6.07) is 0. The molecule has 2 rings (SSSR count).